The third-order valence-electron chi connectivity index (χ3n) is 2.37. The van der Waals surface area contributed by atoms with Crippen LogP contribution in [-0.2, 0) is 7.05 Å². The number of nitrogens with zero attached hydrogens (tertiary/aromatic N) is 2. The first-order valence-corrected chi connectivity index (χ1v) is 5.03. The van der Waals surface area contributed by atoms with E-state index in [4.69, 9.17) is 5.11 Å². The molecule has 0 fully saturated rings. The molecule has 0 spiro atoms. The quantitative estimate of drug-likeness (QED) is 0.787. The maximum atomic E-state index is 11.8. The maximum absolute atomic E-state index is 11.8. The molecule has 0 saturated heterocycles. The van der Waals surface area contributed by atoms with Crippen molar-refractivity contribution in [3.05, 3.63) is 17.5 Å². The average Bonchev–Trinajstić information content (AvgIpc) is 2.59. The molecule has 16 heavy (non-hydrogen) atoms. The second-order valence-corrected chi connectivity index (χ2v) is 3.62. The zero-order chi connectivity index (χ0) is 12.3. The first-order chi connectivity index (χ1) is 7.47. The number of aryl methyl sites for hydroxylation is 1. The summed E-state index contributed by atoms with van der Waals surface area (Å²) in [4.78, 5) is 22.6. The summed E-state index contributed by atoms with van der Waals surface area (Å²) in [5.74, 6) is -1.56. The van der Waals surface area contributed by atoms with Gasteiger partial charge in [-0.3, -0.25) is 9.48 Å². The Balaban J connectivity index is 2.98. The summed E-state index contributed by atoms with van der Waals surface area (Å²) in [6, 6.07) is 0.00375. The topological polar surface area (TPSA) is 84.2 Å². The SMILES string of the molecule is CC[C@H](C)NC(=O)c1c(C(=O)O)cnn1C. The van der Waals surface area contributed by atoms with Gasteiger partial charge in [-0.1, -0.05) is 6.92 Å². The Morgan fingerprint density at radius 1 is 1.62 bits per heavy atom. The molecule has 6 heteroatoms. The van der Waals surface area contributed by atoms with Crippen molar-refractivity contribution in [2.75, 3.05) is 0 Å². The molecule has 1 aromatic heterocycles. The molecule has 1 rings (SSSR count). The number of hydrogen-bond donors (Lipinski definition) is 2. The van der Waals surface area contributed by atoms with Gasteiger partial charge < -0.3 is 10.4 Å². The van der Waals surface area contributed by atoms with Crippen molar-refractivity contribution in [1.29, 1.82) is 0 Å². The van der Waals surface area contributed by atoms with Gasteiger partial charge in [-0.05, 0) is 13.3 Å². The number of carboxylic acids is 1. The molecule has 0 aliphatic carbocycles. The van der Waals surface area contributed by atoms with Gasteiger partial charge in [0, 0.05) is 13.1 Å². The number of nitrogens with one attached hydrogen (secondary N) is 1. The summed E-state index contributed by atoms with van der Waals surface area (Å²) in [7, 11) is 1.54. The highest BCUT2D eigenvalue weighted by Gasteiger charge is 2.22. The van der Waals surface area contributed by atoms with Gasteiger partial charge in [0.15, 0.2) is 0 Å². The third-order valence-corrected chi connectivity index (χ3v) is 2.37. The molecule has 1 atom stereocenters. The molecule has 0 aliphatic heterocycles. The molecule has 0 unspecified atom stereocenters. The van der Waals surface area contributed by atoms with Crippen LogP contribution in [-0.4, -0.2) is 32.8 Å². The van der Waals surface area contributed by atoms with Crippen LogP contribution in [0.2, 0.25) is 0 Å². The van der Waals surface area contributed by atoms with Crippen LogP contribution in [0.5, 0.6) is 0 Å². The van der Waals surface area contributed by atoms with E-state index in [0.29, 0.717) is 0 Å². The van der Waals surface area contributed by atoms with E-state index in [2.05, 4.69) is 10.4 Å². The van der Waals surface area contributed by atoms with Gasteiger partial charge >= 0.3 is 5.97 Å². The minimum Gasteiger partial charge on any atom is -0.478 e. The van der Waals surface area contributed by atoms with Crippen LogP contribution in [0, 0.1) is 0 Å². The summed E-state index contributed by atoms with van der Waals surface area (Å²) in [6.45, 7) is 3.79. The molecule has 0 aliphatic rings. The van der Waals surface area contributed by atoms with Crippen LogP contribution < -0.4 is 5.32 Å². The van der Waals surface area contributed by atoms with Gasteiger partial charge in [-0.2, -0.15) is 5.10 Å². The number of aromatic nitrogens is 2. The molecular weight excluding hydrogens is 210 g/mol. The van der Waals surface area contributed by atoms with Crippen molar-refractivity contribution in [2.45, 2.75) is 26.3 Å². The molecule has 1 aromatic rings. The second-order valence-electron chi connectivity index (χ2n) is 3.62. The molecule has 0 bridgehead atoms. The van der Waals surface area contributed by atoms with Gasteiger partial charge in [0.1, 0.15) is 11.3 Å². The molecule has 0 saturated carbocycles. The fourth-order valence-electron chi connectivity index (χ4n) is 1.26. The minimum atomic E-state index is -1.15. The highest BCUT2D eigenvalue weighted by molar-refractivity contribution is 6.03. The normalized spacial score (nSPS) is 12.2. The summed E-state index contributed by atoms with van der Waals surface area (Å²) in [5, 5.41) is 15.4. The highest BCUT2D eigenvalue weighted by atomic mass is 16.4. The second kappa shape index (κ2) is 4.78. The van der Waals surface area contributed by atoms with E-state index < -0.39 is 11.9 Å². The first kappa shape index (κ1) is 12.2. The Kier molecular flexibility index (Phi) is 3.65. The van der Waals surface area contributed by atoms with E-state index in [1.807, 2.05) is 13.8 Å². The molecule has 2 N–H and O–H groups in total. The Morgan fingerprint density at radius 3 is 2.75 bits per heavy atom. The smallest absolute Gasteiger partial charge is 0.339 e. The number of carbonyl (C=O) groups is 2. The summed E-state index contributed by atoms with van der Waals surface area (Å²) < 4.78 is 1.27. The van der Waals surface area contributed by atoms with Crippen LogP contribution in [0.1, 0.15) is 41.1 Å². The lowest BCUT2D eigenvalue weighted by Gasteiger charge is -2.11. The molecular formula is C10H15N3O3. The summed E-state index contributed by atoms with van der Waals surface area (Å²) in [6.07, 6.45) is 1.96. The van der Waals surface area contributed by atoms with Gasteiger partial charge in [0.2, 0.25) is 0 Å². The molecule has 88 valence electrons. The molecule has 1 amide bonds. The first-order valence-electron chi connectivity index (χ1n) is 5.03. The fourth-order valence-corrected chi connectivity index (χ4v) is 1.26. The highest BCUT2D eigenvalue weighted by Crippen LogP contribution is 2.08. The Labute approximate surface area is 93.3 Å². The van der Waals surface area contributed by atoms with Gasteiger partial charge in [0.25, 0.3) is 5.91 Å². The lowest BCUT2D eigenvalue weighted by molar-refractivity contribution is 0.0690. The zero-order valence-electron chi connectivity index (χ0n) is 9.52. The minimum absolute atomic E-state index is 0.00375. The predicted molar refractivity (Wildman–Crippen MR) is 57.4 cm³/mol. The largest absolute Gasteiger partial charge is 0.478 e. The van der Waals surface area contributed by atoms with Crippen LogP contribution in [0.15, 0.2) is 6.20 Å². The molecule has 0 aromatic carbocycles. The lowest BCUT2D eigenvalue weighted by atomic mass is 10.2. The van der Waals surface area contributed by atoms with Gasteiger partial charge in [-0.15, -0.1) is 0 Å². The number of rotatable bonds is 4. The van der Waals surface area contributed by atoms with Gasteiger partial charge in [-0.25, -0.2) is 4.79 Å². The zero-order valence-corrected chi connectivity index (χ0v) is 9.52. The van der Waals surface area contributed by atoms with Crippen molar-refractivity contribution in [2.24, 2.45) is 7.05 Å². The van der Waals surface area contributed by atoms with Crippen molar-refractivity contribution in [3.63, 3.8) is 0 Å². The number of hydrogen-bond acceptors (Lipinski definition) is 3. The maximum Gasteiger partial charge on any atom is 0.339 e. The third kappa shape index (κ3) is 2.39. The van der Waals surface area contributed by atoms with Crippen LogP contribution >= 0.6 is 0 Å². The van der Waals surface area contributed by atoms with Crippen molar-refractivity contribution in [3.8, 4) is 0 Å². The van der Waals surface area contributed by atoms with Crippen molar-refractivity contribution >= 4 is 11.9 Å². The van der Waals surface area contributed by atoms with E-state index in [9.17, 15) is 9.59 Å². The Morgan fingerprint density at radius 2 is 2.25 bits per heavy atom. The van der Waals surface area contributed by atoms with E-state index in [0.717, 1.165) is 6.42 Å². The average molecular weight is 225 g/mol. The molecule has 1 heterocycles. The fraction of sp³-hybridized carbons (Fsp3) is 0.500. The van der Waals surface area contributed by atoms with E-state index in [1.54, 1.807) is 0 Å². The summed E-state index contributed by atoms with van der Waals surface area (Å²) >= 11 is 0. The standard InChI is InChI=1S/C10H15N3O3/c1-4-6(2)12-9(14)8-7(10(15)16)5-11-13(8)3/h5-6H,4H2,1-3H3,(H,12,14)(H,15,16)/t6-/m0/s1. The van der Waals surface area contributed by atoms with Gasteiger partial charge in [0.05, 0.1) is 6.20 Å². The summed E-state index contributed by atoms with van der Waals surface area (Å²) in [5.41, 5.74) is -0.00361. The Hall–Kier alpha value is -1.85. The number of amides is 1. The van der Waals surface area contributed by atoms with E-state index in [1.165, 1.54) is 17.9 Å². The number of carboxylic acid groups (broad SMARTS) is 1. The van der Waals surface area contributed by atoms with Crippen molar-refractivity contribution in [1.82, 2.24) is 15.1 Å². The van der Waals surface area contributed by atoms with E-state index >= 15 is 0 Å². The molecule has 0 radical (unpaired) electrons. The van der Waals surface area contributed by atoms with Crippen LogP contribution in [0.4, 0.5) is 0 Å². The number of aromatic carboxylic acids is 1. The monoisotopic (exact) mass is 225 g/mol. The van der Waals surface area contributed by atoms with Crippen molar-refractivity contribution < 1.29 is 14.7 Å². The van der Waals surface area contributed by atoms with E-state index in [-0.39, 0.29) is 17.3 Å². The van der Waals surface area contributed by atoms with Crippen LogP contribution in [0.3, 0.4) is 0 Å². The predicted octanol–water partition coefficient (Wildman–Crippen LogP) is 0.647. The lowest BCUT2D eigenvalue weighted by Crippen LogP contribution is -2.34. The van der Waals surface area contributed by atoms with Crippen LogP contribution in [0.25, 0.3) is 0 Å². The Bertz CT molecular complexity index is 411. The number of carbonyl (C=O) groups excluding carboxylic acids is 1. The molecule has 6 nitrogen and oxygen atoms in total.